The number of carbonyl (C=O) groups excluding carboxylic acids is 2. The van der Waals surface area contributed by atoms with Gasteiger partial charge in [0.1, 0.15) is 6.04 Å². The molecule has 0 unspecified atom stereocenters. The molecular formula is C21H19N5O2. The maximum absolute atomic E-state index is 13.0. The molecule has 7 nitrogen and oxygen atoms in total. The third kappa shape index (κ3) is 3.73. The average Bonchev–Trinajstić information content (AvgIpc) is 2.76. The SMILES string of the molecule is O=C1NCCN(C(=O)c2cnc(-c3cccnc3)nc2)[C@H]1Cc1ccccc1. The van der Waals surface area contributed by atoms with Crippen LogP contribution in [0.3, 0.4) is 0 Å². The summed E-state index contributed by atoms with van der Waals surface area (Å²) in [5.74, 6) is 0.117. The van der Waals surface area contributed by atoms with Gasteiger partial charge in [-0.05, 0) is 17.7 Å². The summed E-state index contributed by atoms with van der Waals surface area (Å²) in [6.45, 7) is 0.886. The highest BCUT2D eigenvalue weighted by molar-refractivity contribution is 5.98. The summed E-state index contributed by atoms with van der Waals surface area (Å²) in [7, 11) is 0. The highest BCUT2D eigenvalue weighted by atomic mass is 16.2. The zero-order chi connectivity index (χ0) is 19.3. The number of rotatable bonds is 4. The molecule has 0 saturated carbocycles. The van der Waals surface area contributed by atoms with Gasteiger partial charge in [-0.3, -0.25) is 14.6 Å². The minimum Gasteiger partial charge on any atom is -0.353 e. The average molecular weight is 373 g/mol. The molecule has 2 amide bonds. The maximum Gasteiger partial charge on any atom is 0.257 e. The monoisotopic (exact) mass is 373 g/mol. The van der Waals surface area contributed by atoms with E-state index in [0.29, 0.717) is 30.9 Å². The Hall–Kier alpha value is -3.61. The first kappa shape index (κ1) is 17.8. The minimum atomic E-state index is -0.554. The van der Waals surface area contributed by atoms with Crippen molar-refractivity contribution in [1.82, 2.24) is 25.2 Å². The predicted octanol–water partition coefficient (Wildman–Crippen LogP) is 1.72. The van der Waals surface area contributed by atoms with Crippen LogP contribution in [0.2, 0.25) is 0 Å². The lowest BCUT2D eigenvalue weighted by molar-refractivity contribution is -0.127. The number of amides is 2. The summed E-state index contributed by atoms with van der Waals surface area (Å²) >= 11 is 0. The number of hydrogen-bond donors (Lipinski definition) is 1. The molecule has 0 bridgehead atoms. The Labute approximate surface area is 162 Å². The Kier molecular flexibility index (Phi) is 5.05. The molecule has 3 heterocycles. The fourth-order valence-electron chi connectivity index (χ4n) is 3.25. The van der Waals surface area contributed by atoms with Crippen molar-refractivity contribution < 1.29 is 9.59 Å². The fourth-order valence-corrected chi connectivity index (χ4v) is 3.25. The van der Waals surface area contributed by atoms with Crippen LogP contribution in [0, 0.1) is 0 Å². The van der Waals surface area contributed by atoms with Crippen molar-refractivity contribution in [3.8, 4) is 11.4 Å². The molecule has 0 spiro atoms. The van der Waals surface area contributed by atoms with Crippen molar-refractivity contribution in [1.29, 1.82) is 0 Å². The summed E-state index contributed by atoms with van der Waals surface area (Å²) in [6, 6.07) is 12.8. The molecule has 1 aromatic carbocycles. The van der Waals surface area contributed by atoms with E-state index in [1.165, 1.54) is 12.4 Å². The third-order valence-electron chi connectivity index (χ3n) is 4.68. The van der Waals surface area contributed by atoms with Gasteiger partial charge in [0.15, 0.2) is 5.82 Å². The zero-order valence-electron chi connectivity index (χ0n) is 15.2. The Morgan fingerprint density at radius 1 is 1.07 bits per heavy atom. The van der Waals surface area contributed by atoms with E-state index in [1.54, 1.807) is 23.4 Å². The molecule has 1 saturated heterocycles. The van der Waals surface area contributed by atoms with Crippen LogP contribution in [0.1, 0.15) is 15.9 Å². The molecule has 0 radical (unpaired) electrons. The Morgan fingerprint density at radius 2 is 1.86 bits per heavy atom. The number of hydrogen-bond acceptors (Lipinski definition) is 5. The van der Waals surface area contributed by atoms with Crippen LogP contribution in [0.15, 0.2) is 67.3 Å². The van der Waals surface area contributed by atoms with E-state index >= 15 is 0 Å². The summed E-state index contributed by atoms with van der Waals surface area (Å²) in [5.41, 5.74) is 2.15. The predicted molar refractivity (Wildman–Crippen MR) is 103 cm³/mol. The second-order valence-electron chi connectivity index (χ2n) is 6.53. The standard InChI is InChI=1S/C21H19N5O2/c27-20-18(11-15-5-2-1-3-6-15)26(10-9-23-20)21(28)17-13-24-19(25-14-17)16-7-4-8-22-12-16/h1-8,12-14,18H,9-11H2,(H,23,27)/t18-/m0/s1. The highest BCUT2D eigenvalue weighted by Gasteiger charge is 2.33. The third-order valence-corrected chi connectivity index (χ3v) is 4.68. The van der Waals surface area contributed by atoms with E-state index in [-0.39, 0.29) is 11.8 Å². The summed E-state index contributed by atoms with van der Waals surface area (Å²) in [4.78, 5) is 39.7. The van der Waals surface area contributed by atoms with Crippen LogP contribution >= 0.6 is 0 Å². The Morgan fingerprint density at radius 3 is 2.57 bits per heavy atom. The molecule has 3 aromatic rings. The van der Waals surface area contributed by atoms with Gasteiger partial charge in [-0.1, -0.05) is 30.3 Å². The number of benzene rings is 1. The summed E-state index contributed by atoms with van der Waals surface area (Å²) in [5, 5.41) is 2.85. The lowest BCUT2D eigenvalue weighted by Gasteiger charge is -2.35. The number of nitrogens with one attached hydrogen (secondary N) is 1. The molecule has 4 rings (SSSR count). The molecule has 1 atom stereocenters. The first-order valence-electron chi connectivity index (χ1n) is 9.07. The number of piperazine rings is 1. The number of aromatic nitrogens is 3. The van der Waals surface area contributed by atoms with Crippen LogP contribution in [-0.4, -0.2) is 50.8 Å². The van der Waals surface area contributed by atoms with Gasteiger partial charge >= 0.3 is 0 Å². The van der Waals surface area contributed by atoms with E-state index in [1.807, 2.05) is 36.4 Å². The van der Waals surface area contributed by atoms with Crippen molar-refractivity contribution in [3.05, 3.63) is 78.4 Å². The first-order valence-corrected chi connectivity index (χ1v) is 9.07. The van der Waals surface area contributed by atoms with E-state index in [9.17, 15) is 9.59 Å². The van der Waals surface area contributed by atoms with Gasteiger partial charge in [-0.15, -0.1) is 0 Å². The van der Waals surface area contributed by atoms with Crippen molar-refractivity contribution in [2.24, 2.45) is 0 Å². The van der Waals surface area contributed by atoms with Crippen LogP contribution in [0.4, 0.5) is 0 Å². The van der Waals surface area contributed by atoms with Gasteiger partial charge in [0, 0.05) is 49.9 Å². The van der Waals surface area contributed by atoms with E-state index in [2.05, 4.69) is 20.3 Å². The molecular weight excluding hydrogens is 354 g/mol. The minimum absolute atomic E-state index is 0.142. The van der Waals surface area contributed by atoms with Crippen molar-refractivity contribution >= 4 is 11.8 Å². The van der Waals surface area contributed by atoms with E-state index < -0.39 is 6.04 Å². The topological polar surface area (TPSA) is 88.1 Å². The highest BCUT2D eigenvalue weighted by Crippen LogP contribution is 2.17. The van der Waals surface area contributed by atoms with Gasteiger partial charge in [0.05, 0.1) is 5.56 Å². The number of nitrogens with zero attached hydrogens (tertiary/aromatic N) is 4. The first-order chi connectivity index (χ1) is 13.7. The molecule has 1 N–H and O–H groups in total. The van der Waals surface area contributed by atoms with Crippen LogP contribution < -0.4 is 5.32 Å². The van der Waals surface area contributed by atoms with Gasteiger partial charge in [0.25, 0.3) is 5.91 Å². The second kappa shape index (κ2) is 7.96. The normalized spacial score (nSPS) is 16.5. The zero-order valence-corrected chi connectivity index (χ0v) is 15.2. The maximum atomic E-state index is 13.0. The largest absolute Gasteiger partial charge is 0.353 e. The van der Waals surface area contributed by atoms with Crippen molar-refractivity contribution in [2.45, 2.75) is 12.5 Å². The van der Waals surface area contributed by atoms with E-state index in [0.717, 1.165) is 11.1 Å². The summed E-state index contributed by atoms with van der Waals surface area (Å²) in [6.07, 6.45) is 6.82. The van der Waals surface area contributed by atoms with Crippen LogP contribution in [0.5, 0.6) is 0 Å². The van der Waals surface area contributed by atoms with Gasteiger partial charge in [-0.2, -0.15) is 0 Å². The number of pyridine rings is 1. The molecule has 7 heteroatoms. The molecule has 1 fully saturated rings. The molecule has 1 aliphatic rings. The fraction of sp³-hybridized carbons (Fsp3) is 0.190. The van der Waals surface area contributed by atoms with Crippen LogP contribution in [0.25, 0.3) is 11.4 Å². The molecule has 1 aliphatic heterocycles. The summed E-state index contributed by atoms with van der Waals surface area (Å²) < 4.78 is 0. The smallest absolute Gasteiger partial charge is 0.257 e. The lowest BCUT2D eigenvalue weighted by atomic mass is 10.0. The van der Waals surface area contributed by atoms with E-state index in [4.69, 9.17) is 0 Å². The molecule has 0 aliphatic carbocycles. The Balaban J connectivity index is 1.55. The lowest BCUT2D eigenvalue weighted by Crippen LogP contribution is -2.58. The van der Waals surface area contributed by atoms with Crippen molar-refractivity contribution in [2.75, 3.05) is 13.1 Å². The Bertz CT molecular complexity index is 961. The van der Waals surface area contributed by atoms with Crippen LogP contribution in [-0.2, 0) is 11.2 Å². The van der Waals surface area contributed by atoms with Gasteiger partial charge in [0.2, 0.25) is 5.91 Å². The molecule has 140 valence electrons. The number of carbonyl (C=O) groups is 2. The quantitative estimate of drug-likeness (QED) is 0.752. The molecule has 2 aromatic heterocycles. The van der Waals surface area contributed by atoms with Gasteiger partial charge < -0.3 is 10.2 Å². The molecule has 28 heavy (non-hydrogen) atoms. The second-order valence-corrected chi connectivity index (χ2v) is 6.53. The van der Waals surface area contributed by atoms with Crippen molar-refractivity contribution in [3.63, 3.8) is 0 Å². The van der Waals surface area contributed by atoms with Gasteiger partial charge in [-0.25, -0.2) is 9.97 Å².